The van der Waals surface area contributed by atoms with Gasteiger partial charge >= 0.3 is 11.8 Å². The highest BCUT2D eigenvalue weighted by atomic mass is 35.5. The van der Waals surface area contributed by atoms with E-state index in [4.69, 9.17) is 9.59 Å². The van der Waals surface area contributed by atoms with E-state index in [1.54, 1.807) is 0 Å². The van der Waals surface area contributed by atoms with Gasteiger partial charge in [-0.1, -0.05) is 0 Å². The first-order valence-corrected chi connectivity index (χ1v) is 2.23. The van der Waals surface area contributed by atoms with Gasteiger partial charge in [0.25, 0.3) is 0 Å². The van der Waals surface area contributed by atoms with Gasteiger partial charge in [-0.2, -0.15) is 0 Å². The van der Waals surface area contributed by atoms with Crippen LogP contribution < -0.4 is 17.7 Å². The van der Waals surface area contributed by atoms with Crippen molar-refractivity contribution in [2.75, 3.05) is 0 Å². The van der Waals surface area contributed by atoms with Crippen molar-refractivity contribution in [1.29, 1.82) is 0 Å². The van der Waals surface area contributed by atoms with Crippen LogP contribution in [-0.4, -0.2) is 21.4 Å². The molecular formula is C4H8ClNO2+2. The summed E-state index contributed by atoms with van der Waals surface area (Å²) in [5.74, 6) is 0.579. The second-order valence-electron chi connectivity index (χ2n) is 1.63. The number of primary amides is 2. The molecule has 4 heteroatoms. The Bertz CT molecular complexity index is 109. The van der Waals surface area contributed by atoms with E-state index in [1.807, 2.05) is 0 Å². The van der Waals surface area contributed by atoms with Gasteiger partial charge in [-0.25, -0.2) is 9.59 Å². The van der Waals surface area contributed by atoms with E-state index in [9.17, 15) is 0 Å². The number of quaternary nitrogens is 1. The molecule has 1 aliphatic heterocycles. The molecule has 0 aromatic carbocycles. The maximum atomic E-state index is 8.58. The zero-order chi connectivity index (χ0) is 5.28. The zero-order valence-electron chi connectivity index (χ0n) is 4.26. The number of hydrogen-bond acceptors (Lipinski definition) is 0. The summed E-state index contributed by atoms with van der Waals surface area (Å²) in [6.07, 6.45) is 1.21. The molecular weight excluding hydrogens is 130 g/mol. The molecule has 1 fully saturated rings. The van der Waals surface area contributed by atoms with Crippen molar-refractivity contribution >= 4 is 11.8 Å². The van der Waals surface area contributed by atoms with Gasteiger partial charge in [0.15, 0.2) is 0 Å². The Kier molecular flexibility index (Phi) is 2.65. The summed E-state index contributed by atoms with van der Waals surface area (Å²) >= 11 is 0. The smallest absolute Gasteiger partial charge is 0.490 e. The van der Waals surface area contributed by atoms with E-state index < -0.39 is 0 Å². The lowest BCUT2D eigenvalue weighted by Crippen LogP contribution is -3.00. The highest BCUT2D eigenvalue weighted by molar-refractivity contribution is 5.87. The normalized spacial score (nSPS) is 18.5. The lowest BCUT2D eigenvalue weighted by atomic mass is 10.4. The van der Waals surface area contributed by atoms with E-state index in [2.05, 4.69) is 0 Å². The van der Waals surface area contributed by atoms with E-state index >= 15 is 0 Å². The Morgan fingerprint density at radius 2 is 1.50 bits per heavy atom. The second kappa shape index (κ2) is 2.79. The van der Waals surface area contributed by atoms with Gasteiger partial charge < -0.3 is 12.4 Å². The number of imide groups is 1. The van der Waals surface area contributed by atoms with Gasteiger partial charge in [0, 0.05) is 0 Å². The van der Waals surface area contributed by atoms with Crippen LogP contribution in [0.4, 0.5) is 0 Å². The summed E-state index contributed by atoms with van der Waals surface area (Å²) in [6.45, 7) is 0. The molecule has 1 aliphatic rings. The summed E-state index contributed by atoms with van der Waals surface area (Å²) < 4.78 is 0. The topological polar surface area (TPSA) is 59.4 Å². The molecule has 0 aliphatic carbocycles. The third-order valence-corrected chi connectivity index (χ3v) is 0.971. The van der Waals surface area contributed by atoms with Crippen molar-refractivity contribution in [3.05, 3.63) is 0 Å². The molecule has 3 nitrogen and oxygen atoms in total. The standard InChI is InChI=1S/C4H5NO2.ClH/c6-3-1-2-4(7)5-3;/h1-2H2,(H,5,6,7);1H/p+2. The first kappa shape index (κ1) is 7.59. The van der Waals surface area contributed by atoms with Gasteiger partial charge in [0.1, 0.15) is 12.8 Å². The Morgan fingerprint density at radius 3 is 1.62 bits per heavy atom. The number of hydrogen-bond donors (Lipinski definition) is 1. The summed E-state index contributed by atoms with van der Waals surface area (Å²) in [4.78, 5) is 17.2. The first-order chi connectivity index (χ1) is 3.29. The molecule has 0 saturated carbocycles. The van der Waals surface area contributed by atoms with Crippen molar-refractivity contribution in [1.82, 2.24) is 0 Å². The minimum atomic E-state index is 0. The first-order valence-electron chi connectivity index (χ1n) is 2.23. The van der Waals surface area contributed by atoms with Crippen LogP contribution in [0.1, 0.15) is 12.8 Å². The Labute approximate surface area is 52.9 Å². The predicted octanol–water partition coefficient (Wildman–Crippen LogP) is -4.65. The molecule has 0 unspecified atom stereocenters. The van der Waals surface area contributed by atoms with Crippen LogP contribution in [-0.2, 0) is 0 Å². The van der Waals surface area contributed by atoms with Crippen LogP contribution in [0.15, 0.2) is 0 Å². The fourth-order valence-corrected chi connectivity index (χ4v) is 0.593. The molecule has 0 aromatic rings. The fourth-order valence-electron chi connectivity index (χ4n) is 0.593. The lowest BCUT2D eigenvalue weighted by molar-refractivity contribution is -0.419. The van der Waals surface area contributed by atoms with Crippen LogP contribution in [0.2, 0.25) is 0 Å². The summed E-state index contributed by atoms with van der Waals surface area (Å²) in [5, 5.41) is 1.39. The number of amides is 2. The summed E-state index contributed by atoms with van der Waals surface area (Å²) in [6, 6.07) is 0. The number of rotatable bonds is 0. The maximum absolute atomic E-state index is 8.58. The number of halogens is 1. The van der Waals surface area contributed by atoms with Gasteiger partial charge in [-0.15, -0.1) is 5.32 Å². The average molecular weight is 138 g/mol. The van der Waals surface area contributed by atoms with Crippen LogP contribution in [0.25, 0.3) is 0 Å². The van der Waals surface area contributed by atoms with Crippen LogP contribution in [0.3, 0.4) is 0 Å². The highest BCUT2D eigenvalue weighted by Gasteiger charge is 2.34. The SMILES string of the molecule is [Cl-].[OH+]=C1CCC(=[OH+])[NH2+]1. The average Bonchev–Trinajstić information content (AvgIpc) is 1.87. The number of nitrogens with two attached hydrogens (primary N) is 1. The molecule has 0 spiro atoms. The monoisotopic (exact) mass is 137 g/mol. The summed E-state index contributed by atoms with van der Waals surface area (Å²) in [5.41, 5.74) is 0. The quantitative estimate of drug-likeness (QED) is 0.258. The van der Waals surface area contributed by atoms with Crippen molar-refractivity contribution in [2.45, 2.75) is 12.8 Å². The highest BCUT2D eigenvalue weighted by Crippen LogP contribution is 1.87. The molecule has 8 heavy (non-hydrogen) atoms. The van der Waals surface area contributed by atoms with Crippen LogP contribution in [0.5, 0.6) is 0 Å². The molecule has 1 rings (SSSR count). The van der Waals surface area contributed by atoms with E-state index in [-0.39, 0.29) is 24.2 Å². The van der Waals surface area contributed by atoms with E-state index in [0.29, 0.717) is 12.8 Å². The summed E-state index contributed by atoms with van der Waals surface area (Å²) in [7, 11) is 0. The van der Waals surface area contributed by atoms with Gasteiger partial charge in [-0.05, 0) is 0 Å². The van der Waals surface area contributed by atoms with Crippen LogP contribution >= 0.6 is 0 Å². The molecule has 1 saturated heterocycles. The number of carbonyl (C=O) groups excluding carboxylic acids is 2. The second-order valence-corrected chi connectivity index (χ2v) is 1.63. The fraction of sp³-hybridized carbons (Fsp3) is 0.500. The third kappa shape index (κ3) is 1.60. The van der Waals surface area contributed by atoms with Crippen molar-refractivity contribution < 1.29 is 27.3 Å². The van der Waals surface area contributed by atoms with Crippen molar-refractivity contribution in [3.8, 4) is 0 Å². The molecule has 2 amide bonds. The van der Waals surface area contributed by atoms with Crippen molar-refractivity contribution in [2.24, 2.45) is 0 Å². The minimum absolute atomic E-state index is 0. The van der Waals surface area contributed by atoms with Gasteiger partial charge in [-0.3, -0.25) is 0 Å². The Morgan fingerprint density at radius 1 is 1.12 bits per heavy atom. The largest absolute Gasteiger partial charge is 1.00 e. The zero-order valence-corrected chi connectivity index (χ0v) is 5.02. The predicted molar refractivity (Wildman–Crippen MR) is 25.0 cm³/mol. The van der Waals surface area contributed by atoms with Crippen LogP contribution in [0, 0.1) is 0 Å². The Hall–Kier alpha value is -0.410. The van der Waals surface area contributed by atoms with Gasteiger partial charge in [0.2, 0.25) is 0 Å². The van der Waals surface area contributed by atoms with E-state index in [1.165, 1.54) is 5.32 Å². The molecule has 0 atom stereocenters. The lowest BCUT2D eigenvalue weighted by Gasteiger charge is -1.60. The van der Waals surface area contributed by atoms with Crippen molar-refractivity contribution in [3.63, 3.8) is 0 Å². The molecule has 46 valence electrons. The van der Waals surface area contributed by atoms with E-state index in [0.717, 1.165) is 0 Å². The molecule has 0 radical (unpaired) electrons. The minimum Gasteiger partial charge on any atom is -1.00 e. The molecule has 4 N–H and O–H groups in total. The third-order valence-electron chi connectivity index (χ3n) is 0.971. The maximum Gasteiger partial charge on any atom is 0.490 e. The molecule has 0 aromatic heterocycles. The van der Waals surface area contributed by atoms with Gasteiger partial charge in [0.05, 0.1) is 0 Å². The molecule has 1 heterocycles. The molecule has 0 bridgehead atoms. The Balaban J connectivity index is 0.000000490.